The second kappa shape index (κ2) is 13.4. The summed E-state index contributed by atoms with van der Waals surface area (Å²) in [5, 5.41) is 6.67. The Morgan fingerprint density at radius 3 is 2.48 bits per heavy atom. The summed E-state index contributed by atoms with van der Waals surface area (Å²) in [6.07, 6.45) is 1.07. The van der Waals surface area contributed by atoms with Crippen LogP contribution in [0, 0.1) is 0 Å². The zero-order chi connectivity index (χ0) is 17.8. The Kier molecular flexibility index (Phi) is 12.9. The van der Waals surface area contributed by atoms with Crippen LogP contribution in [0.2, 0.25) is 0 Å². The van der Waals surface area contributed by atoms with Gasteiger partial charge in [0.1, 0.15) is 0 Å². The van der Waals surface area contributed by atoms with E-state index in [0.717, 1.165) is 38.6 Å². The quantitative estimate of drug-likeness (QED) is 0.243. The van der Waals surface area contributed by atoms with E-state index in [1.165, 1.54) is 5.56 Å². The molecule has 0 bridgehead atoms. The lowest BCUT2D eigenvalue weighted by atomic mass is 10.1. The van der Waals surface area contributed by atoms with Crippen LogP contribution in [0.15, 0.2) is 35.3 Å². The number of hydrogen-bond donors (Lipinski definition) is 2. The molecule has 0 aliphatic carbocycles. The minimum atomic E-state index is -0.238. The van der Waals surface area contributed by atoms with Crippen molar-refractivity contribution < 1.29 is 4.74 Å². The molecule has 0 heterocycles. The molecule has 144 valence electrons. The van der Waals surface area contributed by atoms with Crippen LogP contribution in [0.4, 0.5) is 0 Å². The van der Waals surface area contributed by atoms with E-state index in [4.69, 9.17) is 4.74 Å². The SMILES string of the molecule is CCNC(=NCC(C)(C)OC)NCCCN(C)Cc1ccccc1.I. The number of nitrogens with one attached hydrogen (secondary N) is 2. The van der Waals surface area contributed by atoms with Crippen molar-refractivity contribution in [2.75, 3.05) is 40.3 Å². The molecule has 0 aliphatic heterocycles. The van der Waals surface area contributed by atoms with E-state index in [2.05, 4.69) is 64.8 Å². The van der Waals surface area contributed by atoms with Crippen LogP contribution >= 0.6 is 24.0 Å². The summed E-state index contributed by atoms with van der Waals surface area (Å²) in [6.45, 7) is 10.6. The van der Waals surface area contributed by atoms with Gasteiger partial charge < -0.3 is 20.3 Å². The highest BCUT2D eigenvalue weighted by Gasteiger charge is 2.15. The molecule has 0 atom stereocenters. The minimum absolute atomic E-state index is 0. The lowest BCUT2D eigenvalue weighted by Crippen LogP contribution is -2.40. The van der Waals surface area contributed by atoms with Crippen LogP contribution in [0.25, 0.3) is 0 Å². The van der Waals surface area contributed by atoms with E-state index in [1.54, 1.807) is 7.11 Å². The predicted octanol–water partition coefficient (Wildman–Crippen LogP) is 3.11. The molecule has 1 rings (SSSR count). The molecule has 0 aromatic heterocycles. The first-order valence-electron chi connectivity index (χ1n) is 8.76. The van der Waals surface area contributed by atoms with Crippen LogP contribution in [0.1, 0.15) is 32.8 Å². The van der Waals surface area contributed by atoms with E-state index in [-0.39, 0.29) is 29.6 Å². The van der Waals surface area contributed by atoms with Gasteiger partial charge in [0.15, 0.2) is 5.96 Å². The molecule has 0 saturated carbocycles. The summed E-state index contributed by atoms with van der Waals surface area (Å²) in [5.41, 5.74) is 1.11. The molecule has 1 aromatic carbocycles. The summed E-state index contributed by atoms with van der Waals surface area (Å²) in [6, 6.07) is 10.6. The maximum Gasteiger partial charge on any atom is 0.191 e. The second-order valence-electron chi connectivity index (χ2n) is 6.66. The van der Waals surface area contributed by atoms with Gasteiger partial charge in [-0.15, -0.1) is 24.0 Å². The van der Waals surface area contributed by atoms with Crippen LogP contribution in [0.5, 0.6) is 0 Å². The maximum absolute atomic E-state index is 5.41. The topological polar surface area (TPSA) is 48.9 Å². The third-order valence-corrected chi connectivity index (χ3v) is 3.82. The van der Waals surface area contributed by atoms with E-state index in [1.807, 2.05) is 13.8 Å². The monoisotopic (exact) mass is 462 g/mol. The molecule has 0 radical (unpaired) electrons. The molecule has 0 aliphatic rings. The Morgan fingerprint density at radius 2 is 1.88 bits per heavy atom. The third-order valence-electron chi connectivity index (χ3n) is 3.82. The molecule has 6 heteroatoms. The Morgan fingerprint density at radius 1 is 1.20 bits per heavy atom. The van der Waals surface area contributed by atoms with Crippen LogP contribution < -0.4 is 10.6 Å². The number of nitrogens with zero attached hydrogens (tertiary/aromatic N) is 2. The number of guanidine groups is 1. The van der Waals surface area contributed by atoms with E-state index < -0.39 is 0 Å². The van der Waals surface area contributed by atoms with Crippen molar-refractivity contribution >= 4 is 29.9 Å². The average Bonchev–Trinajstić information content (AvgIpc) is 2.57. The van der Waals surface area contributed by atoms with Gasteiger partial charge in [0.2, 0.25) is 0 Å². The van der Waals surface area contributed by atoms with Gasteiger partial charge in [-0.25, -0.2) is 0 Å². The smallest absolute Gasteiger partial charge is 0.191 e. The summed E-state index contributed by atoms with van der Waals surface area (Å²) < 4.78 is 5.41. The van der Waals surface area contributed by atoms with Crippen molar-refractivity contribution in [3.63, 3.8) is 0 Å². The van der Waals surface area contributed by atoms with E-state index in [0.29, 0.717) is 6.54 Å². The normalized spacial score (nSPS) is 12.0. The van der Waals surface area contributed by atoms with Crippen molar-refractivity contribution in [3.05, 3.63) is 35.9 Å². The molecular weight excluding hydrogens is 427 g/mol. The van der Waals surface area contributed by atoms with Gasteiger partial charge in [-0.1, -0.05) is 30.3 Å². The fraction of sp³-hybridized carbons (Fsp3) is 0.632. The van der Waals surface area contributed by atoms with Crippen LogP contribution in [-0.4, -0.2) is 56.8 Å². The summed E-state index contributed by atoms with van der Waals surface area (Å²) in [7, 11) is 3.88. The fourth-order valence-corrected chi connectivity index (χ4v) is 2.21. The first-order chi connectivity index (χ1) is 11.5. The Bertz CT molecular complexity index is 480. The van der Waals surface area contributed by atoms with E-state index in [9.17, 15) is 0 Å². The molecule has 0 spiro atoms. The number of halogens is 1. The van der Waals surface area contributed by atoms with Crippen molar-refractivity contribution in [2.24, 2.45) is 4.99 Å². The van der Waals surface area contributed by atoms with Crippen LogP contribution in [0.3, 0.4) is 0 Å². The number of hydrogen-bond acceptors (Lipinski definition) is 3. The van der Waals surface area contributed by atoms with Gasteiger partial charge in [0.25, 0.3) is 0 Å². The maximum atomic E-state index is 5.41. The lowest BCUT2D eigenvalue weighted by Gasteiger charge is -2.21. The van der Waals surface area contributed by atoms with Crippen molar-refractivity contribution in [1.29, 1.82) is 0 Å². The second-order valence-corrected chi connectivity index (χ2v) is 6.66. The molecule has 0 fully saturated rings. The fourth-order valence-electron chi connectivity index (χ4n) is 2.21. The number of methoxy groups -OCH3 is 1. The minimum Gasteiger partial charge on any atom is -0.377 e. The molecule has 5 nitrogen and oxygen atoms in total. The van der Waals surface area contributed by atoms with Crippen molar-refractivity contribution in [3.8, 4) is 0 Å². The molecule has 0 amide bonds. The lowest BCUT2D eigenvalue weighted by molar-refractivity contribution is 0.0310. The van der Waals surface area contributed by atoms with Gasteiger partial charge in [-0.2, -0.15) is 0 Å². The highest BCUT2D eigenvalue weighted by Crippen LogP contribution is 2.07. The predicted molar refractivity (Wildman–Crippen MR) is 118 cm³/mol. The molecular formula is C19H35IN4O. The zero-order valence-electron chi connectivity index (χ0n) is 16.3. The van der Waals surface area contributed by atoms with Gasteiger partial charge in [-0.05, 0) is 46.3 Å². The Balaban J connectivity index is 0.00000576. The Hall–Kier alpha value is -0.860. The number of aliphatic imine (C=N–C) groups is 1. The largest absolute Gasteiger partial charge is 0.377 e. The molecule has 0 saturated heterocycles. The Labute approximate surface area is 170 Å². The van der Waals surface area contributed by atoms with Crippen molar-refractivity contribution in [2.45, 2.75) is 39.3 Å². The van der Waals surface area contributed by atoms with E-state index >= 15 is 0 Å². The van der Waals surface area contributed by atoms with Crippen molar-refractivity contribution in [1.82, 2.24) is 15.5 Å². The number of ether oxygens (including phenoxy) is 1. The first-order valence-corrected chi connectivity index (χ1v) is 8.76. The summed E-state index contributed by atoms with van der Waals surface area (Å²) >= 11 is 0. The molecule has 0 unspecified atom stereocenters. The molecule has 25 heavy (non-hydrogen) atoms. The van der Waals surface area contributed by atoms with Gasteiger partial charge in [0.05, 0.1) is 12.1 Å². The summed E-state index contributed by atoms with van der Waals surface area (Å²) in [5.74, 6) is 0.855. The number of rotatable bonds is 10. The third kappa shape index (κ3) is 11.4. The van der Waals surface area contributed by atoms with Gasteiger partial charge >= 0.3 is 0 Å². The molecule has 2 N–H and O–H groups in total. The summed E-state index contributed by atoms with van der Waals surface area (Å²) in [4.78, 5) is 6.94. The number of benzene rings is 1. The highest BCUT2D eigenvalue weighted by atomic mass is 127. The average molecular weight is 462 g/mol. The van der Waals surface area contributed by atoms with Gasteiger partial charge in [-0.3, -0.25) is 4.99 Å². The van der Waals surface area contributed by atoms with Crippen LogP contribution in [-0.2, 0) is 11.3 Å². The highest BCUT2D eigenvalue weighted by molar-refractivity contribution is 14.0. The first kappa shape index (κ1) is 24.1. The zero-order valence-corrected chi connectivity index (χ0v) is 18.7. The standard InChI is InChI=1S/C19H34N4O.HI/c1-6-20-18(22-16-19(2,3)24-5)21-13-10-14-23(4)15-17-11-8-7-9-12-17;/h7-9,11-12H,6,10,13-16H2,1-5H3,(H2,20,21,22);1H. The van der Waals surface area contributed by atoms with Gasteiger partial charge in [0, 0.05) is 26.7 Å². The molecule has 1 aromatic rings.